The molecule has 0 atom stereocenters. The third kappa shape index (κ3) is 8.37. The standard InChI is InChI=1S/C6H7N3O.C5H2O2.HNO3/c7-9-6(10)5-1-3-8-4-2-5;6-4-2-1-3-5(4)7;2-1(3)4/h1-4H,7H2,(H,9,10);2-3H;(H,2,3,4). The number of carbonyl (C=O) groups is 3. The number of nitrogens with one attached hydrogen (secondary N) is 1. The lowest BCUT2D eigenvalue weighted by Crippen LogP contribution is -2.29. The maximum atomic E-state index is 10.7. The van der Waals surface area contributed by atoms with Gasteiger partial charge in [0.15, 0.2) is 0 Å². The maximum absolute atomic E-state index is 10.7. The number of nitrogens with two attached hydrogens (primary N) is 1. The minimum Gasteiger partial charge on any atom is -0.328 e. The fraction of sp³-hybridized carbons (Fsp3) is 0. The molecule has 1 aliphatic carbocycles. The van der Waals surface area contributed by atoms with E-state index in [1.807, 2.05) is 5.43 Å². The van der Waals surface area contributed by atoms with Gasteiger partial charge in [0.2, 0.25) is 11.6 Å². The Morgan fingerprint density at radius 3 is 2.00 bits per heavy atom. The molecule has 1 aromatic rings. The summed E-state index contributed by atoms with van der Waals surface area (Å²) in [5.74, 6) is 3.64. The lowest BCUT2D eigenvalue weighted by molar-refractivity contribution is -0.742. The first-order chi connectivity index (χ1) is 9.88. The van der Waals surface area contributed by atoms with Crippen LogP contribution in [0.5, 0.6) is 0 Å². The third-order valence-corrected chi connectivity index (χ3v) is 1.75. The number of hydrogen-bond acceptors (Lipinski definition) is 7. The fourth-order valence-electron chi connectivity index (χ4n) is 0.922. The number of pyridine rings is 1. The Kier molecular flexibility index (Phi) is 8.03. The van der Waals surface area contributed by atoms with E-state index in [-0.39, 0.29) is 5.91 Å². The van der Waals surface area contributed by atoms with Crippen molar-refractivity contribution >= 4 is 17.5 Å². The number of allylic oxidation sites excluding steroid dienone is 1. The normalized spacial score (nSPS) is 10.9. The van der Waals surface area contributed by atoms with Crippen molar-refractivity contribution in [2.75, 3.05) is 0 Å². The zero-order valence-electron chi connectivity index (χ0n) is 10.4. The lowest BCUT2D eigenvalue weighted by Gasteiger charge is -1.95. The van der Waals surface area contributed by atoms with Crippen molar-refractivity contribution in [2.24, 2.45) is 5.84 Å². The maximum Gasteiger partial charge on any atom is 0.291 e. The summed E-state index contributed by atoms with van der Waals surface area (Å²) in [4.78, 5) is 43.0. The molecule has 4 N–H and O–H groups in total. The first-order valence-electron chi connectivity index (χ1n) is 5.13. The molecule has 10 nitrogen and oxygen atoms in total. The second kappa shape index (κ2) is 9.55. The van der Waals surface area contributed by atoms with Crippen molar-refractivity contribution in [3.05, 3.63) is 58.1 Å². The van der Waals surface area contributed by atoms with Gasteiger partial charge < -0.3 is 5.21 Å². The van der Waals surface area contributed by atoms with E-state index in [4.69, 9.17) is 21.2 Å². The summed E-state index contributed by atoms with van der Waals surface area (Å²) < 4.78 is 0. The first kappa shape index (κ1) is 17.6. The summed E-state index contributed by atoms with van der Waals surface area (Å²) >= 11 is 0. The summed E-state index contributed by atoms with van der Waals surface area (Å²) in [6.07, 6.45) is 5.32. The molecule has 10 heteroatoms. The van der Waals surface area contributed by atoms with Crippen LogP contribution in [0, 0.1) is 10.1 Å². The molecule has 2 rings (SSSR count). The van der Waals surface area contributed by atoms with Gasteiger partial charge in [-0.15, -0.1) is 15.8 Å². The molecule has 0 saturated carbocycles. The summed E-state index contributed by atoms with van der Waals surface area (Å²) in [5.41, 5.74) is 4.90. The molecule has 0 radical (unpaired) electrons. The molecular weight excluding hydrogens is 284 g/mol. The van der Waals surface area contributed by atoms with E-state index in [9.17, 15) is 14.4 Å². The number of aromatic nitrogens is 1. The predicted molar refractivity (Wildman–Crippen MR) is 67.3 cm³/mol. The van der Waals surface area contributed by atoms with Gasteiger partial charge in [-0.1, -0.05) is 0 Å². The Morgan fingerprint density at radius 2 is 1.71 bits per heavy atom. The summed E-state index contributed by atoms with van der Waals surface area (Å²) in [6.45, 7) is 0. The number of nitrogens with zero attached hydrogens (tertiary/aromatic N) is 2. The highest BCUT2D eigenvalue weighted by molar-refractivity contribution is 6.47. The van der Waals surface area contributed by atoms with Gasteiger partial charge in [0, 0.05) is 30.1 Å². The van der Waals surface area contributed by atoms with Crippen LogP contribution < -0.4 is 11.3 Å². The van der Waals surface area contributed by atoms with Crippen LogP contribution in [0.2, 0.25) is 0 Å². The molecule has 21 heavy (non-hydrogen) atoms. The van der Waals surface area contributed by atoms with E-state index in [0.29, 0.717) is 5.56 Å². The van der Waals surface area contributed by atoms with Crippen molar-refractivity contribution in [3.8, 4) is 0 Å². The summed E-state index contributed by atoms with van der Waals surface area (Å²) in [5, 5.41) is 13.6. The van der Waals surface area contributed by atoms with E-state index in [1.54, 1.807) is 12.1 Å². The molecular formula is C11H10N4O6. The minimum absolute atomic E-state index is 0.303. The molecule has 0 saturated heterocycles. The van der Waals surface area contributed by atoms with E-state index >= 15 is 0 Å². The van der Waals surface area contributed by atoms with Crippen molar-refractivity contribution in [1.29, 1.82) is 0 Å². The number of hydrogen-bond donors (Lipinski definition) is 3. The van der Waals surface area contributed by atoms with Crippen LogP contribution in [0.3, 0.4) is 0 Å². The highest BCUT2D eigenvalue weighted by atomic mass is 16.9. The first-order valence-corrected chi connectivity index (χ1v) is 5.13. The minimum atomic E-state index is -1.50. The molecule has 1 aromatic heterocycles. The number of amides is 1. The zero-order valence-corrected chi connectivity index (χ0v) is 10.4. The average Bonchev–Trinajstić information content (AvgIpc) is 2.83. The smallest absolute Gasteiger partial charge is 0.291 e. The molecule has 1 amide bonds. The number of rotatable bonds is 1. The SMILES string of the molecule is NNC(=O)c1ccncc1.O=C1C=C=CC1=O.O=[N+]([O-])O. The highest BCUT2D eigenvalue weighted by Crippen LogP contribution is 1.93. The average molecular weight is 294 g/mol. The van der Waals surface area contributed by atoms with E-state index in [2.05, 4.69) is 10.7 Å². The van der Waals surface area contributed by atoms with E-state index < -0.39 is 16.7 Å². The van der Waals surface area contributed by atoms with E-state index in [1.165, 1.54) is 12.4 Å². The Morgan fingerprint density at radius 1 is 1.29 bits per heavy atom. The Balaban J connectivity index is 0.000000317. The number of carbonyl (C=O) groups excluding carboxylic acids is 3. The van der Waals surface area contributed by atoms with Crippen LogP contribution in [-0.4, -0.2) is 32.8 Å². The largest absolute Gasteiger partial charge is 0.328 e. The Hall–Kier alpha value is -3.36. The van der Waals surface area contributed by atoms with Crippen LogP contribution in [-0.2, 0) is 9.59 Å². The molecule has 1 aliphatic rings. The molecule has 0 fully saturated rings. The third-order valence-electron chi connectivity index (χ3n) is 1.75. The molecule has 0 spiro atoms. The predicted octanol–water partition coefficient (Wildman–Crippen LogP) is -0.813. The molecule has 0 aliphatic heterocycles. The van der Waals surface area contributed by atoms with Crippen LogP contribution in [0.4, 0.5) is 0 Å². The molecule has 0 aromatic carbocycles. The zero-order chi connectivity index (χ0) is 16.3. The van der Waals surface area contributed by atoms with Crippen LogP contribution in [0.1, 0.15) is 10.4 Å². The van der Waals surface area contributed by atoms with Gasteiger partial charge in [0.05, 0.1) is 0 Å². The van der Waals surface area contributed by atoms with Crippen LogP contribution in [0.15, 0.2) is 42.4 Å². The van der Waals surface area contributed by atoms with Crippen molar-refractivity contribution in [3.63, 3.8) is 0 Å². The van der Waals surface area contributed by atoms with Gasteiger partial charge in [-0.05, 0) is 12.1 Å². The number of nitrogen functional groups attached to an aromatic ring is 1. The number of hydrazine groups is 1. The summed E-state index contributed by atoms with van der Waals surface area (Å²) in [6, 6.07) is 3.17. The molecule has 1 heterocycles. The van der Waals surface area contributed by atoms with Crippen molar-refractivity contribution in [1.82, 2.24) is 10.4 Å². The van der Waals surface area contributed by atoms with Gasteiger partial charge >= 0.3 is 0 Å². The monoisotopic (exact) mass is 294 g/mol. The van der Waals surface area contributed by atoms with Gasteiger partial charge in [0.1, 0.15) is 0 Å². The quantitative estimate of drug-likeness (QED) is 0.151. The topological polar surface area (TPSA) is 166 Å². The second-order valence-electron chi connectivity index (χ2n) is 3.13. The van der Waals surface area contributed by atoms with Gasteiger partial charge in [-0.25, -0.2) is 5.84 Å². The van der Waals surface area contributed by atoms with E-state index in [0.717, 1.165) is 12.2 Å². The molecule has 110 valence electrons. The van der Waals surface area contributed by atoms with Crippen molar-refractivity contribution < 1.29 is 24.7 Å². The molecule has 0 unspecified atom stereocenters. The van der Waals surface area contributed by atoms with Gasteiger partial charge in [-0.3, -0.25) is 24.8 Å². The van der Waals surface area contributed by atoms with Gasteiger partial charge in [0.25, 0.3) is 11.0 Å². The Bertz CT molecular complexity index is 570. The lowest BCUT2D eigenvalue weighted by atomic mass is 10.3. The second-order valence-corrected chi connectivity index (χ2v) is 3.13. The van der Waals surface area contributed by atoms with Crippen molar-refractivity contribution in [2.45, 2.75) is 0 Å². The fourth-order valence-corrected chi connectivity index (χ4v) is 0.922. The van der Waals surface area contributed by atoms with Gasteiger partial charge in [-0.2, -0.15) is 0 Å². The summed E-state index contributed by atoms with van der Waals surface area (Å²) in [7, 11) is 0. The Labute approximate surface area is 117 Å². The molecule has 0 bridgehead atoms. The van der Waals surface area contributed by atoms with Crippen LogP contribution in [0.25, 0.3) is 0 Å². The van der Waals surface area contributed by atoms with Crippen LogP contribution >= 0.6 is 0 Å². The highest BCUT2D eigenvalue weighted by Gasteiger charge is 2.08. The number of ketones is 2.